The standard InChI is InChI=1S/C14H21N3O2S2/c1-20-8-4-2-3-7-17-21(18,19)14-10-16-13-9-11(15)5-6-12(13)14/h5-6,9-10,16-17H,2-4,7-8,15H2,1H3. The highest BCUT2D eigenvalue weighted by Crippen LogP contribution is 2.24. The molecule has 0 amide bonds. The number of nitrogen functional groups attached to an aromatic ring is 1. The van der Waals surface area contributed by atoms with Crippen molar-refractivity contribution >= 4 is 38.4 Å². The summed E-state index contributed by atoms with van der Waals surface area (Å²) in [6.07, 6.45) is 6.60. The van der Waals surface area contributed by atoms with Gasteiger partial charge in [0.1, 0.15) is 4.90 Å². The van der Waals surface area contributed by atoms with Crippen molar-refractivity contribution in [2.24, 2.45) is 0 Å². The van der Waals surface area contributed by atoms with Gasteiger partial charge in [-0.1, -0.05) is 6.42 Å². The molecule has 5 nitrogen and oxygen atoms in total. The Bertz CT molecular complexity index is 695. The zero-order chi connectivity index (χ0) is 15.3. The van der Waals surface area contributed by atoms with E-state index in [9.17, 15) is 8.42 Å². The summed E-state index contributed by atoms with van der Waals surface area (Å²) in [5, 5.41) is 0.666. The Kier molecular flexibility index (Phi) is 5.55. The molecule has 0 unspecified atom stereocenters. The van der Waals surface area contributed by atoms with E-state index in [1.807, 2.05) is 11.8 Å². The van der Waals surface area contributed by atoms with Crippen molar-refractivity contribution in [3.05, 3.63) is 24.4 Å². The van der Waals surface area contributed by atoms with Crippen LogP contribution in [0.15, 0.2) is 29.3 Å². The van der Waals surface area contributed by atoms with Crippen LogP contribution >= 0.6 is 11.8 Å². The molecule has 0 saturated heterocycles. The molecule has 0 fully saturated rings. The number of benzene rings is 1. The third kappa shape index (κ3) is 4.15. The van der Waals surface area contributed by atoms with E-state index in [2.05, 4.69) is 16.0 Å². The molecule has 0 saturated carbocycles. The number of hydrogen-bond donors (Lipinski definition) is 3. The van der Waals surface area contributed by atoms with Gasteiger partial charge in [0.15, 0.2) is 0 Å². The van der Waals surface area contributed by atoms with Gasteiger partial charge < -0.3 is 10.7 Å². The van der Waals surface area contributed by atoms with Crippen LogP contribution in [0.25, 0.3) is 10.9 Å². The second-order valence-corrected chi connectivity index (χ2v) is 7.63. The molecule has 0 aliphatic rings. The predicted octanol–water partition coefficient (Wildman–Crippen LogP) is 2.56. The summed E-state index contributed by atoms with van der Waals surface area (Å²) >= 11 is 1.81. The molecule has 2 aromatic rings. The molecule has 0 aliphatic heterocycles. The summed E-state index contributed by atoms with van der Waals surface area (Å²) in [6.45, 7) is 0.471. The largest absolute Gasteiger partial charge is 0.399 e. The summed E-state index contributed by atoms with van der Waals surface area (Å²) in [6, 6.07) is 5.17. The number of thioether (sulfide) groups is 1. The number of sulfonamides is 1. The van der Waals surface area contributed by atoms with Gasteiger partial charge in [-0.2, -0.15) is 11.8 Å². The van der Waals surface area contributed by atoms with E-state index >= 15 is 0 Å². The average molecular weight is 327 g/mol. The number of anilines is 1. The Balaban J connectivity index is 2.01. The molecule has 1 aromatic heterocycles. The van der Waals surface area contributed by atoms with Crippen molar-refractivity contribution in [1.29, 1.82) is 0 Å². The highest BCUT2D eigenvalue weighted by Gasteiger charge is 2.18. The molecule has 7 heteroatoms. The fourth-order valence-corrected chi connectivity index (χ4v) is 3.91. The molecular formula is C14H21N3O2S2. The zero-order valence-electron chi connectivity index (χ0n) is 12.1. The van der Waals surface area contributed by atoms with Crippen molar-refractivity contribution < 1.29 is 8.42 Å². The number of nitrogens with one attached hydrogen (secondary N) is 2. The van der Waals surface area contributed by atoms with Crippen LogP contribution in [-0.2, 0) is 10.0 Å². The Morgan fingerprint density at radius 2 is 2.10 bits per heavy atom. The van der Waals surface area contributed by atoms with Crippen LogP contribution in [0.3, 0.4) is 0 Å². The summed E-state index contributed by atoms with van der Waals surface area (Å²) in [7, 11) is -3.48. The number of nitrogens with two attached hydrogens (primary N) is 1. The van der Waals surface area contributed by atoms with Crippen LogP contribution in [0.2, 0.25) is 0 Å². The SMILES string of the molecule is CSCCCCCNS(=O)(=O)c1c[nH]c2cc(N)ccc12. The third-order valence-electron chi connectivity index (χ3n) is 3.27. The number of fused-ring (bicyclic) bond motifs is 1. The number of hydrogen-bond acceptors (Lipinski definition) is 4. The van der Waals surface area contributed by atoms with Gasteiger partial charge in [0.2, 0.25) is 10.0 Å². The van der Waals surface area contributed by atoms with Crippen molar-refractivity contribution in [2.75, 3.05) is 24.3 Å². The number of aromatic amines is 1. The molecule has 1 aromatic carbocycles. The Morgan fingerprint density at radius 1 is 1.29 bits per heavy atom. The van der Waals surface area contributed by atoms with Gasteiger partial charge in [0.05, 0.1) is 0 Å². The fraction of sp³-hybridized carbons (Fsp3) is 0.429. The first-order chi connectivity index (χ1) is 10.0. The quantitative estimate of drug-likeness (QED) is 0.513. The third-order valence-corrected chi connectivity index (χ3v) is 5.47. The van der Waals surface area contributed by atoms with E-state index in [1.165, 1.54) is 6.20 Å². The lowest BCUT2D eigenvalue weighted by Crippen LogP contribution is -2.24. The maximum Gasteiger partial charge on any atom is 0.242 e. The van der Waals surface area contributed by atoms with Crippen molar-refractivity contribution in [3.63, 3.8) is 0 Å². The van der Waals surface area contributed by atoms with Gasteiger partial charge in [-0.05, 0) is 43.0 Å². The van der Waals surface area contributed by atoms with Crippen LogP contribution in [0.4, 0.5) is 5.69 Å². The zero-order valence-corrected chi connectivity index (χ0v) is 13.7. The van der Waals surface area contributed by atoms with Crippen LogP contribution in [0.1, 0.15) is 19.3 Å². The Morgan fingerprint density at radius 3 is 2.86 bits per heavy atom. The summed E-state index contributed by atoms with van der Waals surface area (Å²) < 4.78 is 27.3. The van der Waals surface area contributed by atoms with Crippen molar-refractivity contribution in [1.82, 2.24) is 9.71 Å². The first-order valence-electron chi connectivity index (χ1n) is 6.90. The van der Waals surface area contributed by atoms with E-state index in [1.54, 1.807) is 18.2 Å². The molecular weight excluding hydrogens is 306 g/mol. The molecule has 2 rings (SSSR count). The maximum absolute atomic E-state index is 12.3. The lowest BCUT2D eigenvalue weighted by molar-refractivity contribution is 0.577. The normalized spacial score (nSPS) is 12.0. The monoisotopic (exact) mass is 327 g/mol. The molecule has 1 heterocycles. The Labute approximate surface area is 129 Å². The molecule has 0 aliphatic carbocycles. The summed E-state index contributed by atoms with van der Waals surface area (Å²) in [4.78, 5) is 3.23. The molecule has 0 radical (unpaired) electrons. The second-order valence-electron chi connectivity index (χ2n) is 4.91. The minimum Gasteiger partial charge on any atom is -0.399 e. The number of H-pyrrole nitrogens is 1. The van der Waals surface area contributed by atoms with Crippen molar-refractivity contribution in [2.45, 2.75) is 24.2 Å². The van der Waals surface area contributed by atoms with Crippen LogP contribution in [0.5, 0.6) is 0 Å². The van der Waals surface area contributed by atoms with Crippen LogP contribution in [0, 0.1) is 0 Å². The second kappa shape index (κ2) is 7.20. The number of rotatable bonds is 8. The van der Waals surface area contributed by atoms with Gasteiger partial charge >= 0.3 is 0 Å². The lowest BCUT2D eigenvalue weighted by Gasteiger charge is -2.05. The summed E-state index contributed by atoms with van der Waals surface area (Å²) in [5.41, 5.74) is 7.03. The lowest BCUT2D eigenvalue weighted by atomic mass is 10.2. The van der Waals surface area contributed by atoms with Gasteiger partial charge in [-0.25, -0.2) is 13.1 Å². The smallest absolute Gasteiger partial charge is 0.242 e. The first-order valence-corrected chi connectivity index (χ1v) is 9.77. The van der Waals surface area contributed by atoms with E-state index in [4.69, 9.17) is 5.73 Å². The van der Waals surface area contributed by atoms with Gasteiger partial charge in [-0.15, -0.1) is 0 Å². The van der Waals surface area contributed by atoms with E-state index < -0.39 is 10.0 Å². The van der Waals surface area contributed by atoms with E-state index in [-0.39, 0.29) is 4.90 Å². The van der Waals surface area contributed by atoms with Crippen molar-refractivity contribution in [3.8, 4) is 0 Å². The molecule has 4 N–H and O–H groups in total. The van der Waals surface area contributed by atoms with Gasteiger partial charge in [0, 0.05) is 29.3 Å². The van der Waals surface area contributed by atoms with Gasteiger partial charge in [0.25, 0.3) is 0 Å². The minimum absolute atomic E-state index is 0.279. The fourth-order valence-electron chi connectivity index (χ4n) is 2.17. The number of aromatic nitrogens is 1. The number of unbranched alkanes of at least 4 members (excludes halogenated alkanes) is 2. The van der Waals surface area contributed by atoms with Crippen LogP contribution < -0.4 is 10.5 Å². The first kappa shape index (κ1) is 16.2. The predicted molar refractivity (Wildman–Crippen MR) is 90.1 cm³/mol. The molecule has 0 spiro atoms. The highest BCUT2D eigenvalue weighted by molar-refractivity contribution is 7.98. The minimum atomic E-state index is -3.48. The Hall–Kier alpha value is -1.18. The maximum atomic E-state index is 12.3. The topological polar surface area (TPSA) is 88.0 Å². The van der Waals surface area contributed by atoms with Gasteiger partial charge in [-0.3, -0.25) is 0 Å². The average Bonchev–Trinajstić information content (AvgIpc) is 2.86. The molecule has 21 heavy (non-hydrogen) atoms. The highest BCUT2D eigenvalue weighted by atomic mass is 32.2. The molecule has 116 valence electrons. The summed E-state index contributed by atoms with van der Waals surface area (Å²) in [5.74, 6) is 1.12. The molecule has 0 bridgehead atoms. The van der Waals surface area contributed by atoms with E-state index in [0.29, 0.717) is 17.6 Å². The van der Waals surface area contributed by atoms with E-state index in [0.717, 1.165) is 30.5 Å². The molecule has 0 atom stereocenters. The van der Waals surface area contributed by atoms with Crippen LogP contribution in [-0.4, -0.2) is 32.0 Å².